The van der Waals surface area contributed by atoms with Gasteiger partial charge >= 0.3 is 0 Å². The number of piperazine rings is 1. The minimum atomic E-state index is 0. The summed E-state index contributed by atoms with van der Waals surface area (Å²) in [5.41, 5.74) is 1.16. The first-order valence-electron chi connectivity index (χ1n) is 11.7. The molecule has 1 aromatic carbocycles. The van der Waals surface area contributed by atoms with Crippen LogP contribution < -0.4 is 19.5 Å². The fourth-order valence-corrected chi connectivity index (χ4v) is 4.42. The van der Waals surface area contributed by atoms with Gasteiger partial charge in [0.25, 0.3) is 0 Å². The van der Waals surface area contributed by atoms with Crippen LogP contribution in [0.1, 0.15) is 25.3 Å². The zero-order valence-electron chi connectivity index (χ0n) is 21.1. The van der Waals surface area contributed by atoms with Gasteiger partial charge in [0, 0.05) is 45.3 Å². The number of nitrogens with one attached hydrogen (secondary N) is 1. The Morgan fingerprint density at radius 3 is 2.12 bits per heavy atom. The molecule has 9 heteroatoms. The number of hydrogen-bond acceptors (Lipinski definition) is 6. The molecule has 3 rings (SSSR count). The summed E-state index contributed by atoms with van der Waals surface area (Å²) >= 11 is 0. The molecule has 0 radical (unpaired) electrons. The number of methoxy groups -OCH3 is 3. The van der Waals surface area contributed by atoms with Gasteiger partial charge < -0.3 is 29.3 Å². The van der Waals surface area contributed by atoms with Crippen LogP contribution in [0.25, 0.3) is 0 Å². The average Bonchev–Trinajstić information content (AvgIpc) is 3.63. The molecule has 1 unspecified atom stereocenters. The van der Waals surface area contributed by atoms with E-state index >= 15 is 0 Å². The van der Waals surface area contributed by atoms with Crippen LogP contribution in [0.5, 0.6) is 17.2 Å². The molecule has 0 bridgehead atoms. The standard InChI is InChI=1S/C24H41N5O3.HI/c1-7-25-24(26-16-20(27(2)3)19-8-9-19)29-12-10-28(11-13-29)17-18-14-21(30-4)23(32-6)22(15-18)31-5;/h14-15,19-20H,7-13,16-17H2,1-6H3,(H,25,26);1H. The lowest BCUT2D eigenvalue weighted by Crippen LogP contribution is -2.52. The highest BCUT2D eigenvalue weighted by molar-refractivity contribution is 14.0. The number of halogens is 1. The third-order valence-electron chi connectivity index (χ3n) is 6.39. The normalized spacial score (nSPS) is 18.0. The molecule has 1 aromatic rings. The predicted molar refractivity (Wildman–Crippen MR) is 145 cm³/mol. The largest absolute Gasteiger partial charge is 0.493 e. The second-order valence-corrected chi connectivity index (χ2v) is 8.86. The van der Waals surface area contributed by atoms with E-state index in [2.05, 4.69) is 41.0 Å². The topological polar surface area (TPSA) is 61.8 Å². The lowest BCUT2D eigenvalue weighted by molar-refractivity contribution is 0.171. The van der Waals surface area contributed by atoms with Crippen LogP contribution >= 0.6 is 24.0 Å². The van der Waals surface area contributed by atoms with Crippen LogP contribution in [0.15, 0.2) is 17.1 Å². The van der Waals surface area contributed by atoms with Crippen molar-refractivity contribution in [1.82, 2.24) is 20.0 Å². The van der Waals surface area contributed by atoms with Crippen molar-refractivity contribution in [3.8, 4) is 17.2 Å². The lowest BCUT2D eigenvalue weighted by atomic mass is 10.1. The van der Waals surface area contributed by atoms with Crippen LogP contribution in [0.2, 0.25) is 0 Å². The molecule has 1 saturated heterocycles. The molecule has 1 aliphatic carbocycles. The van der Waals surface area contributed by atoms with Crippen molar-refractivity contribution in [3.63, 3.8) is 0 Å². The lowest BCUT2D eigenvalue weighted by Gasteiger charge is -2.37. The van der Waals surface area contributed by atoms with Crippen molar-refractivity contribution in [3.05, 3.63) is 17.7 Å². The molecule has 0 amide bonds. The third kappa shape index (κ3) is 7.51. The SMILES string of the molecule is CCNC(=NCC(C1CC1)N(C)C)N1CCN(Cc2cc(OC)c(OC)c(OC)c2)CC1.I. The molecule has 33 heavy (non-hydrogen) atoms. The van der Waals surface area contributed by atoms with Gasteiger partial charge in [0.15, 0.2) is 17.5 Å². The number of benzene rings is 1. The van der Waals surface area contributed by atoms with Crippen molar-refractivity contribution in [1.29, 1.82) is 0 Å². The zero-order chi connectivity index (χ0) is 23.1. The van der Waals surface area contributed by atoms with E-state index in [-0.39, 0.29) is 24.0 Å². The van der Waals surface area contributed by atoms with E-state index in [1.54, 1.807) is 21.3 Å². The van der Waals surface area contributed by atoms with Crippen molar-refractivity contribution in [2.75, 3.05) is 74.7 Å². The molecule has 1 heterocycles. The molecule has 1 atom stereocenters. The summed E-state index contributed by atoms with van der Waals surface area (Å²) in [6, 6.07) is 4.63. The highest BCUT2D eigenvalue weighted by atomic mass is 127. The fraction of sp³-hybridized carbons (Fsp3) is 0.708. The number of guanidine groups is 1. The molecule has 188 valence electrons. The molecule has 2 aliphatic rings. The number of likely N-dealkylation sites (N-methyl/N-ethyl adjacent to an activating group) is 1. The van der Waals surface area contributed by atoms with Gasteiger partial charge in [-0.2, -0.15) is 0 Å². The first kappa shape index (κ1) is 27.8. The molecule has 1 aliphatic heterocycles. The van der Waals surface area contributed by atoms with Crippen molar-refractivity contribution in [2.45, 2.75) is 32.4 Å². The number of ether oxygens (including phenoxy) is 3. The Morgan fingerprint density at radius 2 is 1.67 bits per heavy atom. The summed E-state index contributed by atoms with van der Waals surface area (Å²) in [6.45, 7) is 8.65. The van der Waals surface area contributed by atoms with E-state index in [1.807, 2.05) is 12.1 Å². The van der Waals surface area contributed by atoms with Crippen LogP contribution in [-0.2, 0) is 6.54 Å². The molecule has 2 fully saturated rings. The molecule has 0 spiro atoms. The Bertz CT molecular complexity index is 737. The fourth-order valence-electron chi connectivity index (χ4n) is 4.42. The van der Waals surface area contributed by atoms with Crippen molar-refractivity contribution < 1.29 is 14.2 Å². The van der Waals surface area contributed by atoms with E-state index in [0.717, 1.165) is 63.3 Å². The van der Waals surface area contributed by atoms with E-state index in [4.69, 9.17) is 19.2 Å². The summed E-state index contributed by atoms with van der Waals surface area (Å²) in [5.74, 6) is 3.90. The third-order valence-corrected chi connectivity index (χ3v) is 6.39. The molecule has 8 nitrogen and oxygen atoms in total. The molecule has 1 N–H and O–H groups in total. The molecular weight excluding hydrogens is 533 g/mol. The van der Waals surface area contributed by atoms with Crippen molar-refractivity contribution in [2.24, 2.45) is 10.9 Å². The Balaban J connectivity index is 0.00000385. The van der Waals surface area contributed by atoms with E-state index in [9.17, 15) is 0 Å². The Morgan fingerprint density at radius 1 is 1.06 bits per heavy atom. The van der Waals surface area contributed by atoms with Gasteiger partial charge in [-0.25, -0.2) is 0 Å². The Hall–Kier alpha value is -1.46. The van der Waals surface area contributed by atoms with Crippen LogP contribution in [-0.4, -0.2) is 101 Å². The quantitative estimate of drug-likeness (QED) is 0.262. The van der Waals surface area contributed by atoms with Crippen molar-refractivity contribution >= 4 is 29.9 Å². The van der Waals surface area contributed by atoms with Crippen LogP contribution in [0.3, 0.4) is 0 Å². The minimum absolute atomic E-state index is 0. The van der Waals surface area contributed by atoms with Gasteiger partial charge in [-0.15, -0.1) is 24.0 Å². The van der Waals surface area contributed by atoms with Gasteiger partial charge in [0.1, 0.15) is 0 Å². The number of rotatable bonds is 10. The summed E-state index contributed by atoms with van der Waals surface area (Å²) in [6.07, 6.45) is 2.68. The highest BCUT2D eigenvalue weighted by Crippen LogP contribution is 2.38. The maximum Gasteiger partial charge on any atom is 0.203 e. The monoisotopic (exact) mass is 575 g/mol. The predicted octanol–water partition coefficient (Wildman–Crippen LogP) is 2.75. The van der Waals surface area contributed by atoms with Gasteiger partial charge in [0.05, 0.1) is 27.9 Å². The van der Waals surface area contributed by atoms with Gasteiger partial charge in [-0.1, -0.05) is 0 Å². The van der Waals surface area contributed by atoms with Gasteiger partial charge in [0.2, 0.25) is 5.75 Å². The Kier molecular flexibility index (Phi) is 11.3. The number of aliphatic imine (C=N–C) groups is 1. The zero-order valence-corrected chi connectivity index (χ0v) is 23.4. The molecule has 1 saturated carbocycles. The molecule has 0 aromatic heterocycles. The van der Waals surface area contributed by atoms with Crippen LogP contribution in [0, 0.1) is 5.92 Å². The maximum atomic E-state index is 5.51. The summed E-state index contributed by atoms with van der Waals surface area (Å²) in [5, 5.41) is 3.51. The average molecular weight is 576 g/mol. The van der Waals surface area contributed by atoms with Crippen LogP contribution in [0.4, 0.5) is 0 Å². The minimum Gasteiger partial charge on any atom is -0.493 e. The Labute approximate surface area is 216 Å². The second-order valence-electron chi connectivity index (χ2n) is 8.86. The first-order valence-corrected chi connectivity index (χ1v) is 11.7. The molecular formula is C24H42IN5O3. The first-order chi connectivity index (χ1) is 15.5. The van der Waals surface area contributed by atoms with E-state index in [1.165, 1.54) is 12.8 Å². The summed E-state index contributed by atoms with van der Waals surface area (Å²) in [4.78, 5) is 12.2. The number of hydrogen-bond donors (Lipinski definition) is 1. The van der Waals surface area contributed by atoms with Gasteiger partial charge in [-0.3, -0.25) is 9.89 Å². The summed E-state index contributed by atoms with van der Waals surface area (Å²) in [7, 11) is 9.30. The maximum absolute atomic E-state index is 5.51. The summed E-state index contributed by atoms with van der Waals surface area (Å²) < 4.78 is 16.5. The number of nitrogens with zero attached hydrogens (tertiary/aromatic N) is 4. The smallest absolute Gasteiger partial charge is 0.203 e. The highest BCUT2D eigenvalue weighted by Gasteiger charge is 2.32. The van der Waals surface area contributed by atoms with E-state index in [0.29, 0.717) is 23.3 Å². The van der Waals surface area contributed by atoms with Gasteiger partial charge in [-0.05, 0) is 57.5 Å². The van der Waals surface area contributed by atoms with E-state index < -0.39 is 0 Å². The second kappa shape index (κ2) is 13.4.